The van der Waals surface area contributed by atoms with Crippen molar-refractivity contribution >= 4 is 5.78 Å². The van der Waals surface area contributed by atoms with Crippen LogP contribution in [0.5, 0.6) is 0 Å². The highest BCUT2D eigenvalue weighted by atomic mass is 16.5. The van der Waals surface area contributed by atoms with Gasteiger partial charge in [0, 0.05) is 58.6 Å². The molecular formula is C23H37N3O3. The average molecular weight is 404 g/mol. The lowest BCUT2D eigenvalue weighted by molar-refractivity contribution is -0.113. The molecule has 1 atom stereocenters. The van der Waals surface area contributed by atoms with Crippen LogP contribution in [0.2, 0.25) is 0 Å². The van der Waals surface area contributed by atoms with Gasteiger partial charge in [-0.2, -0.15) is 0 Å². The number of pyridine rings is 1. The second-order valence-corrected chi connectivity index (χ2v) is 9.21. The Bertz CT molecular complexity index is 657. The maximum absolute atomic E-state index is 13.7. The number of nitrogens with zero attached hydrogens (tertiary/aromatic N) is 3. The molecule has 0 radical (unpaired) electrons. The molecule has 3 rings (SSSR count). The highest BCUT2D eigenvalue weighted by Crippen LogP contribution is 2.39. The summed E-state index contributed by atoms with van der Waals surface area (Å²) < 4.78 is 11.6. The normalized spacial score (nSPS) is 26.0. The van der Waals surface area contributed by atoms with E-state index in [1.165, 1.54) is 0 Å². The van der Waals surface area contributed by atoms with E-state index in [1.54, 1.807) is 6.20 Å². The first-order valence-electron chi connectivity index (χ1n) is 11.0. The van der Waals surface area contributed by atoms with Crippen LogP contribution in [-0.4, -0.2) is 83.7 Å². The molecule has 0 aliphatic carbocycles. The quantitative estimate of drug-likeness (QED) is 0.491. The predicted octanol–water partition coefficient (Wildman–Crippen LogP) is 3.02. The summed E-state index contributed by atoms with van der Waals surface area (Å²) in [6.45, 7) is 14.6. The molecule has 3 heterocycles. The van der Waals surface area contributed by atoms with E-state index in [4.69, 9.17) is 9.47 Å². The van der Waals surface area contributed by atoms with Gasteiger partial charge in [0.05, 0.1) is 17.2 Å². The third kappa shape index (κ3) is 5.63. The van der Waals surface area contributed by atoms with Crippen LogP contribution in [0.4, 0.5) is 0 Å². The summed E-state index contributed by atoms with van der Waals surface area (Å²) in [5.41, 5.74) is -0.268. The number of aromatic nitrogens is 1. The van der Waals surface area contributed by atoms with Gasteiger partial charge in [-0.05, 0) is 52.7 Å². The molecule has 6 heteroatoms. The highest BCUT2D eigenvalue weighted by Gasteiger charge is 2.51. The van der Waals surface area contributed by atoms with E-state index in [0.29, 0.717) is 24.8 Å². The number of ether oxygens (including phenoxy) is 2. The molecule has 2 fully saturated rings. The highest BCUT2D eigenvalue weighted by molar-refractivity contribution is 6.02. The molecule has 0 N–H and O–H groups in total. The maximum atomic E-state index is 13.7. The summed E-state index contributed by atoms with van der Waals surface area (Å²) in [6, 6.07) is 5.60. The lowest BCUT2D eigenvalue weighted by atomic mass is 9.75. The molecule has 0 saturated carbocycles. The zero-order chi connectivity index (χ0) is 20.9. The topological polar surface area (TPSA) is 54.9 Å². The largest absolute Gasteiger partial charge is 0.379 e. The summed E-state index contributed by atoms with van der Waals surface area (Å²) in [4.78, 5) is 23.0. The van der Waals surface area contributed by atoms with Crippen LogP contribution in [0.1, 0.15) is 57.4 Å². The first-order chi connectivity index (χ1) is 13.8. The van der Waals surface area contributed by atoms with Crippen molar-refractivity contribution in [2.75, 3.05) is 45.9 Å². The van der Waals surface area contributed by atoms with Gasteiger partial charge < -0.3 is 14.4 Å². The van der Waals surface area contributed by atoms with E-state index in [9.17, 15) is 4.79 Å². The van der Waals surface area contributed by atoms with Crippen LogP contribution in [-0.2, 0) is 9.47 Å². The van der Waals surface area contributed by atoms with Gasteiger partial charge in [-0.15, -0.1) is 0 Å². The molecule has 2 aliphatic heterocycles. The Hall–Kier alpha value is -1.34. The number of ketones is 1. The summed E-state index contributed by atoms with van der Waals surface area (Å²) in [5, 5.41) is 0. The molecule has 0 amide bonds. The van der Waals surface area contributed by atoms with E-state index in [-0.39, 0.29) is 11.4 Å². The van der Waals surface area contributed by atoms with Crippen LogP contribution in [0.3, 0.4) is 0 Å². The van der Waals surface area contributed by atoms with Crippen LogP contribution >= 0.6 is 0 Å². The van der Waals surface area contributed by atoms with Gasteiger partial charge in [-0.25, -0.2) is 0 Å². The number of piperazine rings is 1. The van der Waals surface area contributed by atoms with Crippen molar-refractivity contribution in [1.82, 2.24) is 14.8 Å². The molecule has 162 valence electrons. The number of carbonyl (C=O) groups is 1. The van der Waals surface area contributed by atoms with E-state index in [1.807, 2.05) is 18.2 Å². The lowest BCUT2D eigenvalue weighted by Gasteiger charge is -2.52. The molecular weight excluding hydrogens is 366 g/mol. The fraction of sp³-hybridized carbons (Fsp3) is 0.739. The van der Waals surface area contributed by atoms with Crippen molar-refractivity contribution < 1.29 is 14.3 Å². The zero-order valence-corrected chi connectivity index (χ0v) is 18.5. The maximum Gasteiger partial charge on any atom is 0.201 e. The van der Waals surface area contributed by atoms with Gasteiger partial charge in [-0.1, -0.05) is 6.07 Å². The molecule has 0 aromatic carbocycles. The number of hydrogen-bond donors (Lipinski definition) is 0. The first-order valence-corrected chi connectivity index (χ1v) is 11.0. The zero-order valence-electron chi connectivity index (χ0n) is 18.5. The Labute approximate surface area is 175 Å². The molecule has 29 heavy (non-hydrogen) atoms. The molecule has 0 bridgehead atoms. The summed E-state index contributed by atoms with van der Waals surface area (Å²) in [5.74, 6) is 0.147. The Morgan fingerprint density at radius 2 is 2.00 bits per heavy atom. The molecule has 1 unspecified atom stereocenters. The number of carbonyl (C=O) groups excluding carboxylic acids is 1. The lowest BCUT2D eigenvalue weighted by Crippen LogP contribution is -2.65. The Morgan fingerprint density at radius 1 is 1.24 bits per heavy atom. The van der Waals surface area contributed by atoms with E-state index < -0.39 is 5.54 Å². The molecule has 0 spiro atoms. The van der Waals surface area contributed by atoms with Crippen molar-refractivity contribution in [2.45, 2.75) is 64.2 Å². The van der Waals surface area contributed by atoms with Crippen molar-refractivity contribution in [3.8, 4) is 0 Å². The van der Waals surface area contributed by atoms with Gasteiger partial charge in [-0.3, -0.25) is 14.7 Å². The van der Waals surface area contributed by atoms with Crippen molar-refractivity contribution in [2.24, 2.45) is 0 Å². The molecule has 1 aromatic heterocycles. The Kier molecular flexibility index (Phi) is 7.43. The summed E-state index contributed by atoms with van der Waals surface area (Å²) >= 11 is 0. The minimum atomic E-state index is -0.525. The van der Waals surface area contributed by atoms with Gasteiger partial charge >= 0.3 is 0 Å². The minimum Gasteiger partial charge on any atom is -0.379 e. The van der Waals surface area contributed by atoms with Gasteiger partial charge in [0.25, 0.3) is 0 Å². The van der Waals surface area contributed by atoms with Gasteiger partial charge in [0.2, 0.25) is 5.78 Å². The third-order valence-electron chi connectivity index (χ3n) is 6.09. The minimum absolute atomic E-state index is 0.147. The number of Topliss-reactive ketones (excluding diaryl/α,β-unsaturated/α-hetero) is 1. The standard InChI is InChI=1S/C23H37N3O3/c1-19(2)28-16-7-11-25-12-14-26(15-13-25)23(9-17-29-22(3,4)18-23)21(27)20-8-5-6-10-24-20/h5-6,8,10,19H,7,9,11-18H2,1-4H3. The number of rotatable bonds is 8. The SMILES string of the molecule is CC(C)OCCCN1CCN(C2(C(=O)c3ccccn3)CCOC(C)(C)C2)CC1. The Balaban J connectivity index is 1.68. The van der Waals surface area contributed by atoms with Crippen LogP contribution in [0, 0.1) is 0 Å². The fourth-order valence-electron chi connectivity index (χ4n) is 4.69. The monoisotopic (exact) mass is 403 g/mol. The van der Waals surface area contributed by atoms with Crippen molar-refractivity contribution in [3.05, 3.63) is 30.1 Å². The fourth-order valence-corrected chi connectivity index (χ4v) is 4.69. The second kappa shape index (κ2) is 9.65. The summed E-state index contributed by atoms with van der Waals surface area (Å²) in [7, 11) is 0. The van der Waals surface area contributed by atoms with E-state index in [0.717, 1.165) is 52.2 Å². The van der Waals surface area contributed by atoms with E-state index >= 15 is 0 Å². The first kappa shape index (κ1) is 22.3. The van der Waals surface area contributed by atoms with Crippen molar-refractivity contribution in [3.63, 3.8) is 0 Å². The smallest absolute Gasteiger partial charge is 0.201 e. The van der Waals surface area contributed by atoms with Crippen LogP contribution < -0.4 is 0 Å². The second-order valence-electron chi connectivity index (χ2n) is 9.21. The predicted molar refractivity (Wildman–Crippen MR) is 114 cm³/mol. The van der Waals surface area contributed by atoms with Crippen LogP contribution in [0.15, 0.2) is 24.4 Å². The van der Waals surface area contributed by atoms with Gasteiger partial charge in [0.1, 0.15) is 5.69 Å². The van der Waals surface area contributed by atoms with Crippen LogP contribution in [0.25, 0.3) is 0 Å². The van der Waals surface area contributed by atoms with Crippen molar-refractivity contribution in [1.29, 1.82) is 0 Å². The third-order valence-corrected chi connectivity index (χ3v) is 6.09. The van der Waals surface area contributed by atoms with Gasteiger partial charge in [0.15, 0.2) is 0 Å². The molecule has 6 nitrogen and oxygen atoms in total. The number of hydrogen-bond acceptors (Lipinski definition) is 6. The molecule has 2 aliphatic rings. The molecule has 1 aromatic rings. The summed E-state index contributed by atoms with van der Waals surface area (Å²) in [6.07, 6.45) is 4.49. The Morgan fingerprint density at radius 3 is 2.62 bits per heavy atom. The van der Waals surface area contributed by atoms with E-state index in [2.05, 4.69) is 42.5 Å². The molecule has 2 saturated heterocycles. The average Bonchev–Trinajstić information content (AvgIpc) is 2.71.